The Morgan fingerprint density at radius 2 is 1.97 bits per heavy atom. The number of benzene rings is 1. The summed E-state index contributed by atoms with van der Waals surface area (Å²) in [6.45, 7) is 2.21. The molecule has 172 valence electrons. The molecule has 2 N–H and O–H groups in total. The summed E-state index contributed by atoms with van der Waals surface area (Å²) in [6.07, 6.45) is 4.75. The molecule has 4 rings (SSSR count). The maximum atomic E-state index is 13.0. The zero-order chi connectivity index (χ0) is 22.8. The summed E-state index contributed by atoms with van der Waals surface area (Å²) >= 11 is 0. The molecule has 1 aromatic carbocycles. The Morgan fingerprint density at radius 1 is 1.22 bits per heavy atom. The number of rotatable bonds is 6. The van der Waals surface area contributed by atoms with Crippen LogP contribution in [0.15, 0.2) is 29.3 Å². The molecular weight excluding hydrogens is 410 g/mol. The van der Waals surface area contributed by atoms with Crippen molar-refractivity contribution in [2.75, 3.05) is 27.2 Å². The predicted molar refractivity (Wildman–Crippen MR) is 120 cm³/mol. The molecule has 2 fully saturated rings. The molecule has 1 aromatic rings. The Balaban J connectivity index is 1.54. The second-order valence-electron chi connectivity index (χ2n) is 8.85. The highest BCUT2D eigenvalue weighted by molar-refractivity contribution is 6.22. The summed E-state index contributed by atoms with van der Waals surface area (Å²) in [4.78, 5) is 32.6. The van der Waals surface area contributed by atoms with Gasteiger partial charge in [0.25, 0.3) is 5.91 Å². The smallest absolute Gasteiger partial charge is 0.390 e. The quantitative estimate of drug-likeness (QED) is 0.648. The number of carbonyl (C=O) groups is 2. The first kappa shape index (κ1) is 22.3. The number of carbonyl (C=O) groups excluding carboxylic acids is 2. The molecule has 1 saturated heterocycles. The molecule has 32 heavy (non-hydrogen) atoms. The van der Waals surface area contributed by atoms with Gasteiger partial charge in [-0.15, -0.1) is 0 Å². The molecule has 0 bridgehead atoms. The number of hydrogen-bond acceptors (Lipinski definition) is 6. The van der Waals surface area contributed by atoms with E-state index in [-0.39, 0.29) is 25.1 Å². The van der Waals surface area contributed by atoms with Gasteiger partial charge in [-0.2, -0.15) is 0 Å². The van der Waals surface area contributed by atoms with Crippen LogP contribution in [0.2, 0.25) is 0 Å². The number of β-amino-alcohol motifs (C(OH)–C–C–N with tert-alkyl or cyclic N) is 1. The van der Waals surface area contributed by atoms with Gasteiger partial charge in [0.2, 0.25) is 11.9 Å². The average molecular weight is 443 g/mol. The fourth-order valence-corrected chi connectivity index (χ4v) is 4.51. The number of fused-ring (bicyclic) bond motifs is 1. The van der Waals surface area contributed by atoms with Gasteiger partial charge >= 0.3 is 12.0 Å². The molecule has 9 nitrogen and oxygen atoms in total. The van der Waals surface area contributed by atoms with Crippen LogP contribution in [0.5, 0.6) is 5.75 Å². The van der Waals surface area contributed by atoms with Crippen LogP contribution >= 0.6 is 0 Å². The van der Waals surface area contributed by atoms with Crippen molar-refractivity contribution < 1.29 is 24.0 Å². The van der Waals surface area contributed by atoms with Crippen LogP contribution in [-0.2, 0) is 4.79 Å². The highest BCUT2D eigenvalue weighted by Crippen LogP contribution is 2.22. The number of hydrogen-bond donors (Lipinski definition) is 2. The molecule has 0 radical (unpaired) electrons. The molecule has 0 spiro atoms. The van der Waals surface area contributed by atoms with Crippen LogP contribution in [0.4, 0.5) is 4.79 Å². The van der Waals surface area contributed by atoms with E-state index in [9.17, 15) is 14.7 Å². The molecule has 3 amide bonds. The van der Waals surface area contributed by atoms with Crippen LogP contribution in [-0.4, -0.2) is 88.6 Å². The van der Waals surface area contributed by atoms with Gasteiger partial charge in [-0.05, 0) is 37.5 Å². The number of guanidine groups is 1. The van der Waals surface area contributed by atoms with E-state index in [1.165, 1.54) is 18.4 Å². The van der Waals surface area contributed by atoms with Crippen molar-refractivity contribution in [1.29, 1.82) is 0 Å². The molecule has 0 aromatic heterocycles. The van der Waals surface area contributed by atoms with E-state index in [1.807, 2.05) is 31.2 Å². The average Bonchev–Trinajstić information content (AvgIpc) is 3.13. The van der Waals surface area contributed by atoms with Crippen molar-refractivity contribution in [2.24, 2.45) is 4.99 Å². The first-order valence-corrected chi connectivity index (χ1v) is 11.3. The molecule has 2 atom stereocenters. The summed E-state index contributed by atoms with van der Waals surface area (Å²) in [5.74, 6) is 1.27. The van der Waals surface area contributed by atoms with Crippen molar-refractivity contribution in [1.82, 2.24) is 15.1 Å². The number of nitrogens with one attached hydrogen (secondary N) is 1. The van der Waals surface area contributed by atoms with Crippen molar-refractivity contribution in [3.63, 3.8) is 0 Å². The van der Waals surface area contributed by atoms with Crippen molar-refractivity contribution >= 4 is 23.7 Å². The van der Waals surface area contributed by atoms with E-state index in [0.29, 0.717) is 17.5 Å². The first-order chi connectivity index (χ1) is 15.3. The highest BCUT2D eigenvalue weighted by atomic mass is 16.5. The van der Waals surface area contributed by atoms with Crippen molar-refractivity contribution in [2.45, 2.75) is 57.2 Å². The number of likely N-dealkylation sites (N-methyl/N-ethyl adjacent to an activating group) is 2. The first-order valence-electron chi connectivity index (χ1n) is 11.3. The number of aliphatic hydroxyl groups is 1. The van der Waals surface area contributed by atoms with E-state index in [4.69, 9.17) is 4.74 Å². The number of aryl methyl sites for hydroxylation is 1. The molecule has 1 aliphatic carbocycles. The lowest BCUT2D eigenvalue weighted by Gasteiger charge is -2.32. The number of imide groups is 1. The van der Waals surface area contributed by atoms with E-state index in [2.05, 4.69) is 10.3 Å². The third kappa shape index (κ3) is 4.48. The lowest BCUT2D eigenvalue weighted by molar-refractivity contribution is -0.546. The summed E-state index contributed by atoms with van der Waals surface area (Å²) in [7, 11) is 3.09. The van der Waals surface area contributed by atoms with Gasteiger partial charge in [-0.1, -0.05) is 36.4 Å². The number of amidine groups is 1. The largest absolute Gasteiger partial charge is 0.491 e. The highest BCUT2D eigenvalue weighted by Gasteiger charge is 2.52. The summed E-state index contributed by atoms with van der Waals surface area (Å²) in [5, 5.41) is 14.2. The van der Waals surface area contributed by atoms with E-state index in [1.54, 1.807) is 11.6 Å². The van der Waals surface area contributed by atoms with E-state index < -0.39 is 18.2 Å². The summed E-state index contributed by atoms with van der Waals surface area (Å²) in [6, 6.07) is 6.75. The zero-order valence-corrected chi connectivity index (χ0v) is 19.0. The van der Waals surface area contributed by atoms with E-state index in [0.717, 1.165) is 36.1 Å². The van der Waals surface area contributed by atoms with Crippen LogP contribution in [0.3, 0.4) is 0 Å². The zero-order valence-electron chi connectivity index (χ0n) is 19.0. The van der Waals surface area contributed by atoms with Crippen LogP contribution in [0.25, 0.3) is 0 Å². The van der Waals surface area contributed by atoms with Crippen molar-refractivity contribution in [3.8, 4) is 5.75 Å². The number of aliphatic hydroxyl groups excluding tert-OH is 1. The summed E-state index contributed by atoms with van der Waals surface area (Å²) < 4.78 is 7.54. The Kier molecular flexibility index (Phi) is 6.45. The van der Waals surface area contributed by atoms with Gasteiger partial charge in [0.05, 0.1) is 12.6 Å². The van der Waals surface area contributed by atoms with Crippen LogP contribution in [0.1, 0.15) is 37.7 Å². The molecular formula is C23H32N5O4+. The lowest BCUT2D eigenvalue weighted by Crippen LogP contribution is -2.62. The monoisotopic (exact) mass is 442 g/mol. The molecule has 3 aliphatic rings. The number of nitrogens with zero attached hydrogens (tertiary/aromatic N) is 4. The minimum Gasteiger partial charge on any atom is -0.491 e. The minimum atomic E-state index is -0.853. The molecule has 2 heterocycles. The Labute approximate surface area is 188 Å². The fraction of sp³-hybridized carbons (Fsp3) is 0.565. The summed E-state index contributed by atoms with van der Waals surface area (Å²) in [5.41, 5.74) is 1.07. The van der Waals surface area contributed by atoms with Crippen LogP contribution in [0, 0.1) is 6.92 Å². The molecule has 2 unspecified atom stereocenters. The predicted octanol–water partition coefficient (Wildman–Crippen LogP) is 1.33. The maximum absolute atomic E-state index is 13.0. The van der Waals surface area contributed by atoms with Gasteiger partial charge in [-0.25, -0.2) is 9.37 Å². The number of amides is 3. The second kappa shape index (κ2) is 9.28. The maximum Gasteiger partial charge on any atom is 0.390 e. The molecule has 2 aliphatic heterocycles. The van der Waals surface area contributed by atoms with Gasteiger partial charge in [0.1, 0.15) is 18.5 Å². The topological polar surface area (TPSA) is 97.5 Å². The number of urea groups is 1. The van der Waals surface area contributed by atoms with Crippen LogP contribution < -0.4 is 10.1 Å². The lowest BCUT2D eigenvalue weighted by atomic mass is 9.96. The second-order valence-corrected chi connectivity index (χ2v) is 8.85. The number of aliphatic imine (C=N–C) groups is 1. The number of ether oxygens (including phenoxy) is 1. The Bertz CT molecular complexity index is 953. The van der Waals surface area contributed by atoms with E-state index >= 15 is 0 Å². The third-order valence-corrected chi connectivity index (χ3v) is 6.31. The SMILES string of the molecule is Cc1cccc(OCC(O)C[N+]2=C(NC3CCCCC3)N=C3C2C(=O)N(C)C(=O)N3C)c1. The third-order valence-electron chi connectivity index (χ3n) is 6.31. The Morgan fingerprint density at radius 3 is 2.69 bits per heavy atom. The fourth-order valence-electron chi connectivity index (χ4n) is 4.51. The minimum absolute atomic E-state index is 0.0809. The Hall–Kier alpha value is -2.94. The molecule has 1 saturated carbocycles. The van der Waals surface area contributed by atoms with Gasteiger partial charge in [0, 0.05) is 14.1 Å². The standard InChI is InChI=1S/C23H31N5O4/c1-15-8-7-11-18(12-15)32-14-17(29)13-28-19-20(26(2)23(31)27(3)21(19)30)25-22(28)24-16-9-5-4-6-10-16/h7-8,11-12,16-17,19,29H,4-6,9-10,13-14H2,1-3H3/p+1. The molecule has 9 heteroatoms. The van der Waals surface area contributed by atoms with Gasteiger partial charge < -0.3 is 9.84 Å². The normalized spacial score (nSPS) is 22.8. The van der Waals surface area contributed by atoms with Crippen molar-refractivity contribution in [3.05, 3.63) is 29.8 Å². The van der Waals surface area contributed by atoms with Gasteiger partial charge in [0.15, 0.2) is 0 Å². The van der Waals surface area contributed by atoms with Gasteiger partial charge in [-0.3, -0.25) is 19.9 Å².